The molecule has 0 amide bonds. The Balaban J connectivity index is 2.61. The van der Waals surface area contributed by atoms with E-state index in [4.69, 9.17) is 5.73 Å². The van der Waals surface area contributed by atoms with Crippen LogP contribution in [-0.4, -0.2) is 13.4 Å². The van der Waals surface area contributed by atoms with Crippen LogP contribution in [0.3, 0.4) is 0 Å². The van der Waals surface area contributed by atoms with Crippen molar-refractivity contribution in [1.82, 2.24) is 4.98 Å². The van der Waals surface area contributed by atoms with Gasteiger partial charge in [-0.15, -0.1) is 0 Å². The van der Waals surface area contributed by atoms with E-state index in [1.807, 2.05) is 13.0 Å². The normalized spacial score (nSPS) is 11.4. The van der Waals surface area contributed by atoms with Crippen molar-refractivity contribution in [1.29, 1.82) is 0 Å². The second-order valence-corrected chi connectivity index (χ2v) is 6.11. The van der Waals surface area contributed by atoms with Crippen LogP contribution in [0.1, 0.15) is 11.1 Å². The van der Waals surface area contributed by atoms with Crippen molar-refractivity contribution < 1.29 is 8.42 Å². The molecule has 0 unspecified atom stereocenters. The van der Waals surface area contributed by atoms with E-state index in [9.17, 15) is 8.42 Å². The van der Waals surface area contributed by atoms with Crippen molar-refractivity contribution in [2.75, 3.05) is 5.73 Å². The summed E-state index contributed by atoms with van der Waals surface area (Å²) in [5.41, 5.74) is 7.08. The molecule has 0 fully saturated rings. The summed E-state index contributed by atoms with van der Waals surface area (Å²) in [6.07, 6.45) is 1.28. The predicted octanol–water partition coefficient (Wildman–Crippen LogP) is 2.11. The van der Waals surface area contributed by atoms with Crippen LogP contribution in [0.5, 0.6) is 0 Å². The van der Waals surface area contributed by atoms with E-state index in [-0.39, 0.29) is 4.90 Å². The summed E-state index contributed by atoms with van der Waals surface area (Å²) >= 11 is 0. The lowest BCUT2D eigenvalue weighted by molar-refractivity contribution is 0.595. The molecule has 2 rings (SSSR count). The minimum absolute atomic E-state index is 0.158. The molecular formula is C13H14N2O2S. The van der Waals surface area contributed by atoms with E-state index in [0.29, 0.717) is 10.7 Å². The van der Waals surface area contributed by atoms with Gasteiger partial charge in [0.1, 0.15) is 5.82 Å². The summed E-state index contributed by atoms with van der Waals surface area (Å²) in [7, 11) is -3.53. The first-order valence-electron chi connectivity index (χ1n) is 5.45. The lowest BCUT2D eigenvalue weighted by Crippen LogP contribution is -2.05. The average Bonchev–Trinajstić information content (AvgIpc) is 2.32. The molecule has 0 atom stereocenters. The van der Waals surface area contributed by atoms with Crippen LogP contribution in [0, 0.1) is 13.8 Å². The van der Waals surface area contributed by atoms with Crippen LogP contribution in [0.4, 0.5) is 5.82 Å². The number of aromatic nitrogens is 1. The first-order valence-corrected chi connectivity index (χ1v) is 6.93. The van der Waals surface area contributed by atoms with Crippen molar-refractivity contribution in [3.8, 4) is 0 Å². The molecule has 0 spiro atoms. The molecule has 2 N–H and O–H groups in total. The van der Waals surface area contributed by atoms with Gasteiger partial charge in [0.15, 0.2) is 0 Å². The third-order valence-corrected chi connectivity index (χ3v) is 4.58. The molecule has 0 aliphatic rings. The van der Waals surface area contributed by atoms with E-state index in [0.717, 1.165) is 11.1 Å². The number of sulfone groups is 1. The molecule has 2 aromatic rings. The Bertz CT molecular complexity index is 677. The highest BCUT2D eigenvalue weighted by Crippen LogP contribution is 2.24. The van der Waals surface area contributed by atoms with Crippen LogP contribution < -0.4 is 5.73 Å². The van der Waals surface area contributed by atoms with E-state index in [2.05, 4.69) is 4.98 Å². The maximum Gasteiger partial charge on any atom is 0.208 e. The van der Waals surface area contributed by atoms with E-state index < -0.39 is 9.84 Å². The number of rotatable bonds is 2. The van der Waals surface area contributed by atoms with Crippen LogP contribution >= 0.6 is 0 Å². The van der Waals surface area contributed by atoms with Crippen molar-refractivity contribution in [2.24, 2.45) is 0 Å². The fourth-order valence-electron chi connectivity index (χ4n) is 1.67. The van der Waals surface area contributed by atoms with Gasteiger partial charge < -0.3 is 5.73 Å². The zero-order valence-corrected chi connectivity index (χ0v) is 11.0. The van der Waals surface area contributed by atoms with Gasteiger partial charge in [-0.3, -0.25) is 0 Å². The maximum absolute atomic E-state index is 12.4. The van der Waals surface area contributed by atoms with Gasteiger partial charge in [0, 0.05) is 6.20 Å². The summed E-state index contributed by atoms with van der Waals surface area (Å²) in [5, 5.41) is 0. The summed E-state index contributed by atoms with van der Waals surface area (Å²) in [6, 6.07) is 8.31. The summed E-state index contributed by atoms with van der Waals surface area (Å²) in [6.45, 7) is 3.64. The standard InChI is InChI=1S/C13H14N2O2S/c1-9-3-4-10(2)12(7-9)18(16,17)11-5-6-13(14)15-8-11/h3-8H,1-2H3,(H2,14,15). The molecule has 0 saturated heterocycles. The number of benzene rings is 1. The third kappa shape index (κ3) is 2.22. The Morgan fingerprint density at radius 1 is 1.11 bits per heavy atom. The number of nitrogen functional groups attached to an aromatic ring is 1. The second kappa shape index (κ2) is 4.42. The Labute approximate surface area is 106 Å². The maximum atomic E-state index is 12.4. The van der Waals surface area contributed by atoms with Gasteiger partial charge in [-0.25, -0.2) is 13.4 Å². The molecule has 1 aromatic carbocycles. The highest BCUT2D eigenvalue weighted by molar-refractivity contribution is 7.91. The largest absolute Gasteiger partial charge is 0.384 e. The highest BCUT2D eigenvalue weighted by atomic mass is 32.2. The van der Waals surface area contributed by atoms with Crippen molar-refractivity contribution in [3.63, 3.8) is 0 Å². The molecule has 94 valence electrons. The zero-order chi connectivity index (χ0) is 13.3. The lowest BCUT2D eigenvalue weighted by atomic mass is 10.2. The molecule has 18 heavy (non-hydrogen) atoms. The van der Waals surface area contributed by atoms with Crippen LogP contribution in [0.25, 0.3) is 0 Å². The highest BCUT2D eigenvalue weighted by Gasteiger charge is 2.20. The van der Waals surface area contributed by atoms with Crippen molar-refractivity contribution in [2.45, 2.75) is 23.6 Å². The van der Waals surface area contributed by atoms with Gasteiger partial charge in [-0.1, -0.05) is 12.1 Å². The average molecular weight is 262 g/mol. The van der Waals surface area contributed by atoms with Crippen LogP contribution in [0.2, 0.25) is 0 Å². The molecule has 0 aliphatic heterocycles. The van der Waals surface area contributed by atoms with Crippen LogP contribution in [-0.2, 0) is 9.84 Å². The second-order valence-electron chi connectivity index (χ2n) is 4.19. The number of pyridine rings is 1. The van der Waals surface area contributed by atoms with E-state index >= 15 is 0 Å². The Morgan fingerprint density at radius 2 is 1.83 bits per heavy atom. The minimum atomic E-state index is -3.53. The Kier molecular flexibility index (Phi) is 3.09. The molecule has 1 aromatic heterocycles. The smallest absolute Gasteiger partial charge is 0.208 e. The first kappa shape index (κ1) is 12.6. The molecular weight excluding hydrogens is 248 g/mol. The van der Waals surface area contributed by atoms with Crippen LogP contribution in [0.15, 0.2) is 46.3 Å². The van der Waals surface area contributed by atoms with Gasteiger partial charge in [-0.2, -0.15) is 0 Å². The van der Waals surface area contributed by atoms with Gasteiger partial charge in [0.05, 0.1) is 9.79 Å². The summed E-state index contributed by atoms with van der Waals surface area (Å²) in [4.78, 5) is 4.29. The Morgan fingerprint density at radius 3 is 2.44 bits per heavy atom. The van der Waals surface area contributed by atoms with Gasteiger partial charge in [-0.05, 0) is 43.2 Å². The number of aryl methyl sites for hydroxylation is 2. The molecule has 0 aliphatic carbocycles. The zero-order valence-electron chi connectivity index (χ0n) is 10.2. The summed E-state index contributed by atoms with van der Waals surface area (Å²) in [5.74, 6) is 0.301. The minimum Gasteiger partial charge on any atom is -0.384 e. The monoisotopic (exact) mass is 262 g/mol. The third-order valence-electron chi connectivity index (χ3n) is 2.70. The fraction of sp³-hybridized carbons (Fsp3) is 0.154. The van der Waals surface area contributed by atoms with Gasteiger partial charge in [0.2, 0.25) is 9.84 Å². The number of anilines is 1. The predicted molar refractivity (Wildman–Crippen MR) is 70.0 cm³/mol. The SMILES string of the molecule is Cc1ccc(C)c(S(=O)(=O)c2ccc(N)nc2)c1. The molecule has 0 bridgehead atoms. The summed E-state index contributed by atoms with van der Waals surface area (Å²) < 4.78 is 24.9. The molecule has 5 heteroatoms. The molecule has 0 saturated carbocycles. The first-order chi connectivity index (χ1) is 8.41. The molecule has 0 radical (unpaired) electrons. The molecule has 4 nitrogen and oxygen atoms in total. The van der Waals surface area contributed by atoms with E-state index in [1.165, 1.54) is 18.3 Å². The quantitative estimate of drug-likeness (QED) is 0.899. The van der Waals surface area contributed by atoms with Gasteiger partial charge in [0.25, 0.3) is 0 Å². The lowest BCUT2D eigenvalue weighted by Gasteiger charge is -2.08. The Hall–Kier alpha value is -1.88. The van der Waals surface area contributed by atoms with Crippen molar-refractivity contribution in [3.05, 3.63) is 47.7 Å². The van der Waals surface area contributed by atoms with Crippen molar-refractivity contribution >= 4 is 15.7 Å². The number of hydrogen-bond donors (Lipinski definition) is 1. The topological polar surface area (TPSA) is 73.0 Å². The van der Waals surface area contributed by atoms with Gasteiger partial charge >= 0.3 is 0 Å². The van der Waals surface area contributed by atoms with E-state index in [1.54, 1.807) is 19.1 Å². The number of hydrogen-bond acceptors (Lipinski definition) is 4. The number of nitrogens with zero attached hydrogens (tertiary/aromatic N) is 1. The number of nitrogens with two attached hydrogens (primary N) is 1. The molecule has 1 heterocycles. The fourth-order valence-corrected chi connectivity index (χ4v) is 3.20.